The highest BCUT2D eigenvalue weighted by molar-refractivity contribution is 5.37. The number of rotatable bonds is 3. The topological polar surface area (TPSA) is 55.6 Å². The van der Waals surface area contributed by atoms with Crippen LogP contribution in [-0.4, -0.2) is 27.3 Å². The van der Waals surface area contributed by atoms with Crippen LogP contribution in [0.1, 0.15) is 57.8 Å². The molecule has 1 aromatic carbocycles. The Morgan fingerprint density at radius 3 is 2.37 bits per heavy atom. The molecule has 0 unspecified atom stereocenters. The molecule has 1 aliphatic rings. The molecular formula is C19H26F3N5. The van der Waals surface area contributed by atoms with Crippen LogP contribution in [0, 0.1) is 11.3 Å². The molecule has 1 heterocycles. The summed E-state index contributed by atoms with van der Waals surface area (Å²) in [6.45, 7) is 6.74. The van der Waals surface area contributed by atoms with Crippen LogP contribution in [0.25, 0.3) is 5.69 Å². The molecule has 3 rings (SSSR count). The maximum atomic E-state index is 13.1. The maximum Gasteiger partial charge on any atom is 0.416 e. The highest BCUT2D eigenvalue weighted by Gasteiger charge is 2.42. The molecule has 0 amide bonds. The van der Waals surface area contributed by atoms with Gasteiger partial charge in [-0.2, -0.15) is 17.9 Å². The van der Waals surface area contributed by atoms with Gasteiger partial charge in [-0.1, -0.05) is 26.8 Å². The molecule has 0 atom stereocenters. The molecule has 1 saturated carbocycles. The average molecular weight is 381 g/mol. The van der Waals surface area contributed by atoms with E-state index in [1.54, 1.807) is 6.07 Å². The highest BCUT2D eigenvalue weighted by atomic mass is 19.4. The smallest absolute Gasteiger partial charge is 0.308 e. The summed E-state index contributed by atoms with van der Waals surface area (Å²) in [7, 11) is 1.86. The van der Waals surface area contributed by atoms with Gasteiger partial charge >= 0.3 is 6.18 Å². The van der Waals surface area contributed by atoms with Crippen LogP contribution in [0.4, 0.5) is 13.2 Å². The molecule has 2 aromatic rings. The Morgan fingerprint density at radius 1 is 1.15 bits per heavy atom. The molecule has 0 spiro atoms. The molecule has 0 aliphatic heterocycles. The van der Waals surface area contributed by atoms with E-state index in [0.717, 1.165) is 37.8 Å². The summed E-state index contributed by atoms with van der Waals surface area (Å²) >= 11 is 0. The number of alkyl halides is 3. The first-order chi connectivity index (χ1) is 12.6. The van der Waals surface area contributed by atoms with E-state index >= 15 is 0 Å². The Kier molecular flexibility index (Phi) is 5.05. The summed E-state index contributed by atoms with van der Waals surface area (Å²) < 4.78 is 40.7. The minimum absolute atomic E-state index is 0.229. The molecule has 0 radical (unpaired) electrons. The van der Waals surface area contributed by atoms with E-state index in [0.29, 0.717) is 17.4 Å². The average Bonchev–Trinajstić information content (AvgIpc) is 3.11. The molecule has 1 N–H and O–H groups in total. The van der Waals surface area contributed by atoms with Gasteiger partial charge in [-0.3, -0.25) is 0 Å². The van der Waals surface area contributed by atoms with Crippen LogP contribution in [0.2, 0.25) is 0 Å². The zero-order valence-corrected chi connectivity index (χ0v) is 16.1. The quantitative estimate of drug-likeness (QED) is 0.860. The van der Waals surface area contributed by atoms with Crippen molar-refractivity contribution in [3.8, 4) is 5.69 Å². The van der Waals surface area contributed by atoms with Crippen LogP contribution in [0.15, 0.2) is 24.3 Å². The summed E-state index contributed by atoms with van der Waals surface area (Å²) in [5.41, 5.74) is -0.611. The fourth-order valence-electron chi connectivity index (χ4n) is 4.04. The third-order valence-electron chi connectivity index (χ3n) is 5.86. The highest BCUT2D eigenvalue weighted by Crippen LogP contribution is 2.45. The number of benzene rings is 1. The van der Waals surface area contributed by atoms with Gasteiger partial charge in [0, 0.05) is 0 Å². The second-order valence-electron chi connectivity index (χ2n) is 8.43. The summed E-state index contributed by atoms with van der Waals surface area (Å²) in [5, 5.41) is 15.3. The minimum Gasteiger partial charge on any atom is -0.308 e. The normalized spacial score (nSPS) is 24.2. The van der Waals surface area contributed by atoms with Crippen molar-refractivity contribution in [2.75, 3.05) is 7.05 Å². The molecule has 0 saturated heterocycles. The van der Waals surface area contributed by atoms with Gasteiger partial charge in [-0.25, -0.2) is 0 Å². The Labute approximate surface area is 157 Å². The van der Waals surface area contributed by atoms with E-state index in [9.17, 15) is 13.2 Å². The van der Waals surface area contributed by atoms with Gasteiger partial charge < -0.3 is 5.32 Å². The fraction of sp³-hybridized carbons (Fsp3) is 0.632. The molecule has 148 valence electrons. The van der Waals surface area contributed by atoms with Gasteiger partial charge in [0.15, 0.2) is 5.82 Å². The summed E-state index contributed by atoms with van der Waals surface area (Å²) in [4.78, 5) is 0. The first-order valence-corrected chi connectivity index (χ1v) is 9.22. The van der Waals surface area contributed by atoms with E-state index in [4.69, 9.17) is 0 Å². The van der Waals surface area contributed by atoms with Crippen molar-refractivity contribution in [2.45, 2.75) is 58.2 Å². The lowest BCUT2D eigenvalue weighted by molar-refractivity contribution is -0.137. The lowest BCUT2D eigenvalue weighted by atomic mass is 9.67. The SMILES string of the molecule is CNC1(c2nnnn2-c2cccc(C(F)(F)F)c2)CCC(C(C)(C)C)CC1. The van der Waals surface area contributed by atoms with Gasteiger partial charge in [-0.15, -0.1) is 5.10 Å². The third kappa shape index (κ3) is 3.85. The molecule has 1 aromatic heterocycles. The minimum atomic E-state index is -4.41. The molecular weight excluding hydrogens is 355 g/mol. The Bertz CT molecular complexity index is 783. The zero-order valence-electron chi connectivity index (χ0n) is 16.1. The van der Waals surface area contributed by atoms with E-state index < -0.39 is 17.3 Å². The van der Waals surface area contributed by atoms with Gasteiger partial charge in [0.1, 0.15) is 0 Å². The predicted octanol–water partition coefficient (Wildman–Crippen LogP) is 4.33. The predicted molar refractivity (Wildman–Crippen MR) is 96.3 cm³/mol. The van der Waals surface area contributed by atoms with Crippen molar-refractivity contribution in [2.24, 2.45) is 11.3 Å². The van der Waals surface area contributed by atoms with Gasteiger partial charge in [-0.05, 0) is 72.7 Å². The Morgan fingerprint density at radius 2 is 1.81 bits per heavy atom. The van der Waals surface area contributed by atoms with Crippen molar-refractivity contribution in [3.05, 3.63) is 35.7 Å². The first kappa shape index (κ1) is 19.8. The number of aromatic nitrogens is 4. The number of tetrazole rings is 1. The molecule has 1 aliphatic carbocycles. The van der Waals surface area contributed by atoms with Crippen molar-refractivity contribution in [3.63, 3.8) is 0 Å². The second-order valence-corrected chi connectivity index (χ2v) is 8.43. The van der Waals surface area contributed by atoms with E-state index in [-0.39, 0.29) is 5.41 Å². The zero-order chi connectivity index (χ0) is 19.9. The molecule has 27 heavy (non-hydrogen) atoms. The molecule has 1 fully saturated rings. The van der Waals surface area contributed by atoms with Gasteiger partial charge in [0.2, 0.25) is 0 Å². The molecule has 5 nitrogen and oxygen atoms in total. The lowest BCUT2D eigenvalue weighted by Crippen LogP contribution is -2.46. The van der Waals surface area contributed by atoms with Crippen LogP contribution < -0.4 is 5.32 Å². The lowest BCUT2D eigenvalue weighted by Gasteiger charge is -2.43. The van der Waals surface area contributed by atoms with Crippen LogP contribution >= 0.6 is 0 Å². The fourth-order valence-corrected chi connectivity index (χ4v) is 4.04. The number of nitrogens with one attached hydrogen (secondary N) is 1. The van der Waals surface area contributed by atoms with Crippen molar-refractivity contribution in [1.82, 2.24) is 25.5 Å². The standard InChI is InChI=1S/C19H26F3N5/c1-17(2,3)13-8-10-18(23-4,11-9-13)16-24-25-26-27(16)15-7-5-6-14(12-15)19(20,21)22/h5-7,12-13,23H,8-11H2,1-4H3. The van der Waals surface area contributed by atoms with Crippen molar-refractivity contribution in [1.29, 1.82) is 0 Å². The monoisotopic (exact) mass is 381 g/mol. The maximum absolute atomic E-state index is 13.1. The number of halogens is 3. The molecule has 0 bridgehead atoms. The second kappa shape index (κ2) is 6.89. The summed E-state index contributed by atoms with van der Waals surface area (Å²) in [6.07, 6.45) is -0.704. The summed E-state index contributed by atoms with van der Waals surface area (Å²) in [6, 6.07) is 5.12. The van der Waals surface area contributed by atoms with E-state index in [1.165, 1.54) is 10.7 Å². The number of hydrogen-bond acceptors (Lipinski definition) is 4. The number of nitrogens with zero attached hydrogens (tertiary/aromatic N) is 4. The van der Waals surface area contributed by atoms with Crippen LogP contribution in [-0.2, 0) is 11.7 Å². The number of hydrogen-bond donors (Lipinski definition) is 1. The van der Waals surface area contributed by atoms with E-state index in [2.05, 4.69) is 41.6 Å². The summed E-state index contributed by atoms with van der Waals surface area (Å²) in [5.74, 6) is 1.16. The van der Waals surface area contributed by atoms with Crippen molar-refractivity contribution >= 4 is 0 Å². The third-order valence-corrected chi connectivity index (χ3v) is 5.86. The van der Waals surface area contributed by atoms with Crippen LogP contribution in [0.5, 0.6) is 0 Å². The van der Waals surface area contributed by atoms with Gasteiger partial charge in [0.05, 0.1) is 16.8 Å². The van der Waals surface area contributed by atoms with Gasteiger partial charge in [0.25, 0.3) is 0 Å². The Balaban J connectivity index is 1.95. The largest absolute Gasteiger partial charge is 0.416 e. The Hall–Kier alpha value is -1.96. The first-order valence-electron chi connectivity index (χ1n) is 9.22. The van der Waals surface area contributed by atoms with Crippen molar-refractivity contribution < 1.29 is 13.2 Å². The molecule has 8 heteroatoms. The van der Waals surface area contributed by atoms with Crippen LogP contribution in [0.3, 0.4) is 0 Å². The van der Waals surface area contributed by atoms with E-state index in [1.807, 2.05) is 7.05 Å².